The van der Waals surface area contributed by atoms with Gasteiger partial charge in [0.2, 0.25) is 0 Å². The first-order chi connectivity index (χ1) is 8.45. The second-order valence-electron chi connectivity index (χ2n) is 3.83. The lowest BCUT2D eigenvalue weighted by molar-refractivity contribution is -0.0492. The summed E-state index contributed by atoms with van der Waals surface area (Å²) in [5, 5.41) is 18.3. The van der Waals surface area contributed by atoms with Gasteiger partial charge in [0.25, 0.3) is 5.56 Å². The van der Waals surface area contributed by atoms with Crippen molar-refractivity contribution in [1.82, 2.24) is 9.55 Å². The maximum atomic E-state index is 13.8. The summed E-state index contributed by atoms with van der Waals surface area (Å²) in [6.07, 6.45) is -4.69. The van der Waals surface area contributed by atoms with Gasteiger partial charge in [-0.1, -0.05) is 0 Å². The summed E-state index contributed by atoms with van der Waals surface area (Å²) < 4.78 is 19.9. The fourth-order valence-corrected chi connectivity index (χ4v) is 2.16. The van der Waals surface area contributed by atoms with Crippen molar-refractivity contribution in [2.45, 2.75) is 24.6 Å². The van der Waals surface area contributed by atoms with E-state index in [-0.39, 0.29) is 3.57 Å². The monoisotopic (exact) mass is 372 g/mol. The molecular formula is C9H10FIN2O5. The molecule has 7 nitrogen and oxygen atoms in total. The molecule has 1 saturated heterocycles. The second kappa shape index (κ2) is 5.07. The normalized spacial score (nSPS) is 31.8. The molecule has 0 amide bonds. The van der Waals surface area contributed by atoms with E-state index in [1.807, 2.05) is 4.98 Å². The number of hydrogen-bond acceptors (Lipinski definition) is 5. The maximum Gasteiger partial charge on any atom is 0.330 e. The SMILES string of the molecule is O=c1[nH]c(=O)n([C@H]2O[C@@H](CO)[C@H](O)[C@H]2F)cc1I. The molecule has 9 heteroatoms. The zero-order valence-electron chi connectivity index (χ0n) is 8.92. The van der Waals surface area contributed by atoms with Gasteiger partial charge in [-0.2, -0.15) is 0 Å². The van der Waals surface area contributed by atoms with Gasteiger partial charge in [-0.05, 0) is 22.6 Å². The number of aromatic nitrogens is 2. The van der Waals surface area contributed by atoms with Crippen molar-refractivity contribution in [3.05, 3.63) is 30.6 Å². The van der Waals surface area contributed by atoms with Crippen molar-refractivity contribution in [2.75, 3.05) is 6.61 Å². The van der Waals surface area contributed by atoms with Gasteiger partial charge in [0.15, 0.2) is 12.4 Å². The Morgan fingerprint density at radius 2 is 2.22 bits per heavy atom. The largest absolute Gasteiger partial charge is 0.394 e. The van der Waals surface area contributed by atoms with Crippen LogP contribution in [0.3, 0.4) is 0 Å². The van der Waals surface area contributed by atoms with E-state index in [4.69, 9.17) is 9.84 Å². The number of hydrogen-bond donors (Lipinski definition) is 3. The number of ether oxygens (including phenoxy) is 1. The van der Waals surface area contributed by atoms with Crippen molar-refractivity contribution in [2.24, 2.45) is 0 Å². The van der Waals surface area contributed by atoms with Crippen LogP contribution in [0.1, 0.15) is 6.23 Å². The van der Waals surface area contributed by atoms with Crippen LogP contribution < -0.4 is 11.2 Å². The number of halogens is 2. The molecule has 3 N–H and O–H groups in total. The number of alkyl halides is 1. The van der Waals surface area contributed by atoms with E-state index in [1.54, 1.807) is 22.6 Å². The van der Waals surface area contributed by atoms with Crippen LogP contribution in [-0.4, -0.2) is 44.8 Å². The lowest BCUT2D eigenvalue weighted by Gasteiger charge is -2.15. The Labute approximate surface area is 113 Å². The first-order valence-corrected chi connectivity index (χ1v) is 6.13. The van der Waals surface area contributed by atoms with E-state index in [1.165, 1.54) is 0 Å². The van der Waals surface area contributed by atoms with Crippen LogP contribution in [0.25, 0.3) is 0 Å². The molecule has 2 rings (SSSR count). The number of aliphatic hydroxyl groups is 2. The third kappa shape index (κ3) is 2.22. The molecule has 1 aromatic rings. The van der Waals surface area contributed by atoms with Crippen LogP contribution in [0, 0.1) is 3.57 Å². The first-order valence-electron chi connectivity index (χ1n) is 5.05. The summed E-state index contributed by atoms with van der Waals surface area (Å²) in [6, 6.07) is 0. The molecule has 0 unspecified atom stereocenters. The number of nitrogens with zero attached hydrogens (tertiary/aromatic N) is 1. The zero-order valence-corrected chi connectivity index (χ0v) is 11.1. The van der Waals surface area contributed by atoms with Gasteiger partial charge in [0, 0.05) is 6.20 Å². The lowest BCUT2D eigenvalue weighted by atomic mass is 10.1. The fraction of sp³-hybridized carbons (Fsp3) is 0.556. The Bertz CT molecular complexity index is 559. The third-order valence-corrected chi connectivity index (χ3v) is 3.44. The Kier molecular flexibility index (Phi) is 3.84. The van der Waals surface area contributed by atoms with Crippen LogP contribution in [0.5, 0.6) is 0 Å². The van der Waals surface area contributed by atoms with Crippen LogP contribution in [0.2, 0.25) is 0 Å². The second-order valence-corrected chi connectivity index (χ2v) is 4.99. The molecule has 100 valence electrons. The standard InChI is InChI=1S/C9H10FIN2O5/c10-5-6(15)4(2-14)18-8(5)13-1-3(11)7(16)12-9(13)17/h1,4-6,8,14-15H,2H2,(H,12,16,17)/t4-,5+,6-,8-/m0/s1. The fourth-order valence-electron chi connectivity index (χ4n) is 1.73. The number of H-pyrrole nitrogens is 1. The predicted octanol–water partition coefficient (Wildman–Crippen LogP) is -1.27. The van der Waals surface area contributed by atoms with Gasteiger partial charge in [-0.15, -0.1) is 0 Å². The van der Waals surface area contributed by atoms with Crippen LogP contribution in [-0.2, 0) is 4.74 Å². The van der Waals surface area contributed by atoms with E-state index in [2.05, 4.69) is 0 Å². The Balaban J connectivity index is 2.42. The van der Waals surface area contributed by atoms with Crippen LogP contribution >= 0.6 is 22.6 Å². The van der Waals surface area contributed by atoms with Crippen molar-refractivity contribution in [3.8, 4) is 0 Å². The minimum atomic E-state index is -1.86. The highest BCUT2D eigenvalue weighted by atomic mass is 127. The molecule has 0 aromatic carbocycles. The van der Waals surface area contributed by atoms with E-state index in [0.29, 0.717) is 0 Å². The zero-order chi connectivity index (χ0) is 13.4. The van der Waals surface area contributed by atoms with Crippen molar-refractivity contribution >= 4 is 22.6 Å². The van der Waals surface area contributed by atoms with E-state index < -0.39 is 42.5 Å². The average molecular weight is 372 g/mol. The van der Waals surface area contributed by atoms with Crippen molar-refractivity contribution in [1.29, 1.82) is 0 Å². The van der Waals surface area contributed by atoms with E-state index in [0.717, 1.165) is 10.8 Å². The summed E-state index contributed by atoms with van der Waals surface area (Å²) in [7, 11) is 0. The number of aromatic amines is 1. The average Bonchev–Trinajstić information content (AvgIpc) is 2.61. The lowest BCUT2D eigenvalue weighted by Crippen LogP contribution is -2.37. The van der Waals surface area contributed by atoms with Crippen molar-refractivity contribution < 1.29 is 19.3 Å². The molecule has 1 aromatic heterocycles. The van der Waals surface area contributed by atoms with Gasteiger partial charge in [-0.25, -0.2) is 9.18 Å². The van der Waals surface area contributed by atoms with Crippen molar-refractivity contribution in [3.63, 3.8) is 0 Å². The predicted molar refractivity (Wildman–Crippen MR) is 65.9 cm³/mol. The van der Waals surface area contributed by atoms with E-state index in [9.17, 15) is 19.1 Å². The van der Waals surface area contributed by atoms with Gasteiger partial charge in [0.05, 0.1) is 10.2 Å². The smallest absolute Gasteiger partial charge is 0.330 e. The van der Waals surface area contributed by atoms with Gasteiger partial charge < -0.3 is 14.9 Å². The van der Waals surface area contributed by atoms with Gasteiger partial charge in [-0.3, -0.25) is 14.3 Å². The number of aliphatic hydroxyl groups excluding tert-OH is 2. The minimum Gasteiger partial charge on any atom is -0.394 e. The summed E-state index contributed by atoms with van der Waals surface area (Å²) in [5.74, 6) is 0. The molecule has 4 atom stereocenters. The molecule has 0 saturated carbocycles. The summed E-state index contributed by atoms with van der Waals surface area (Å²) in [5.41, 5.74) is -1.41. The first kappa shape index (κ1) is 13.6. The maximum absolute atomic E-state index is 13.8. The third-order valence-electron chi connectivity index (χ3n) is 2.67. The molecule has 0 aliphatic carbocycles. The molecule has 2 heterocycles. The molecule has 1 aliphatic heterocycles. The Morgan fingerprint density at radius 1 is 1.56 bits per heavy atom. The van der Waals surface area contributed by atoms with E-state index >= 15 is 0 Å². The molecule has 0 spiro atoms. The topological polar surface area (TPSA) is 105 Å². The van der Waals surface area contributed by atoms with Crippen LogP contribution in [0.4, 0.5) is 4.39 Å². The molecule has 1 fully saturated rings. The van der Waals surface area contributed by atoms with Gasteiger partial charge in [0.1, 0.15) is 12.2 Å². The van der Waals surface area contributed by atoms with Crippen LogP contribution in [0.15, 0.2) is 15.8 Å². The highest BCUT2D eigenvalue weighted by molar-refractivity contribution is 14.1. The Morgan fingerprint density at radius 3 is 2.78 bits per heavy atom. The number of rotatable bonds is 2. The molecule has 0 bridgehead atoms. The molecule has 1 aliphatic rings. The summed E-state index contributed by atoms with van der Waals surface area (Å²) >= 11 is 1.69. The molecule has 0 radical (unpaired) electrons. The molecule has 18 heavy (non-hydrogen) atoms. The summed E-state index contributed by atoms with van der Waals surface area (Å²) in [6.45, 7) is -0.562. The minimum absolute atomic E-state index is 0.185. The highest BCUT2D eigenvalue weighted by Crippen LogP contribution is 2.30. The molecular weight excluding hydrogens is 362 g/mol. The number of nitrogens with one attached hydrogen (secondary N) is 1. The Hall–Kier alpha value is -0.780. The summed E-state index contributed by atoms with van der Waals surface area (Å²) in [4.78, 5) is 24.7. The van der Waals surface area contributed by atoms with Gasteiger partial charge >= 0.3 is 5.69 Å². The highest BCUT2D eigenvalue weighted by Gasteiger charge is 2.45. The quantitative estimate of drug-likeness (QED) is 0.562.